The van der Waals surface area contributed by atoms with Crippen molar-refractivity contribution in [1.29, 1.82) is 0 Å². The number of carbonyl (C=O) groups is 1. The lowest BCUT2D eigenvalue weighted by Crippen LogP contribution is -2.35. The standard InChI is InChI=1S/C14H16INO5/c1-8-5-11(6-9(2)20-8)21-14(17)12-7-10(16(18)19)3-4-13(12)15/h3-4,7-9,11H,5-6H2,1-2H3. The molecule has 0 radical (unpaired) electrons. The lowest BCUT2D eigenvalue weighted by Gasteiger charge is -2.31. The van der Waals surface area contributed by atoms with Gasteiger partial charge in [-0.05, 0) is 42.5 Å². The SMILES string of the molecule is CC1CC(OC(=O)c2cc([N+](=O)[O-])ccc2I)CC(C)O1. The van der Waals surface area contributed by atoms with E-state index in [-0.39, 0.29) is 29.6 Å². The minimum atomic E-state index is -0.522. The molecule has 0 saturated carbocycles. The van der Waals surface area contributed by atoms with E-state index in [1.54, 1.807) is 6.07 Å². The second kappa shape index (κ2) is 6.69. The van der Waals surface area contributed by atoms with Crippen LogP contribution in [0.15, 0.2) is 18.2 Å². The molecule has 2 unspecified atom stereocenters. The minimum absolute atomic E-state index is 0.0377. The zero-order chi connectivity index (χ0) is 15.6. The van der Waals surface area contributed by atoms with Gasteiger partial charge in [-0.3, -0.25) is 10.1 Å². The summed E-state index contributed by atoms with van der Waals surface area (Å²) < 4.78 is 11.7. The zero-order valence-electron chi connectivity index (χ0n) is 11.7. The van der Waals surface area contributed by atoms with Crippen LogP contribution in [0, 0.1) is 13.7 Å². The second-order valence-corrected chi connectivity index (χ2v) is 6.34. The number of nitro groups is 1. The number of hydrogen-bond donors (Lipinski definition) is 0. The average Bonchev–Trinajstić information content (AvgIpc) is 2.37. The molecule has 1 aliphatic rings. The molecule has 6 nitrogen and oxygen atoms in total. The van der Waals surface area contributed by atoms with Gasteiger partial charge in [0.15, 0.2) is 0 Å². The van der Waals surface area contributed by atoms with E-state index < -0.39 is 10.9 Å². The van der Waals surface area contributed by atoms with Gasteiger partial charge in [0.05, 0.1) is 22.7 Å². The topological polar surface area (TPSA) is 78.7 Å². The van der Waals surface area contributed by atoms with Gasteiger partial charge in [0.1, 0.15) is 6.10 Å². The fourth-order valence-electron chi connectivity index (χ4n) is 2.44. The molecule has 0 N–H and O–H groups in total. The number of nitrogens with zero attached hydrogens (tertiary/aromatic N) is 1. The van der Waals surface area contributed by atoms with Gasteiger partial charge in [-0.25, -0.2) is 4.79 Å². The first-order valence-corrected chi connectivity index (χ1v) is 7.75. The molecule has 0 aliphatic carbocycles. The molecular weight excluding hydrogens is 389 g/mol. The predicted molar refractivity (Wildman–Crippen MR) is 84.3 cm³/mol. The van der Waals surface area contributed by atoms with E-state index in [0.717, 1.165) is 0 Å². The van der Waals surface area contributed by atoms with Crippen molar-refractivity contribution >= 4 is 34.2 Å². The van der Waals surface area contributed by atoms with Gasteiger partial charge in [0, 0.05) is 28.5 Å². The Bertz CT molecular complexity index is 552. The number of esters is 1. The minimum Gasteiger partial charge on any atom is -0.459 e. The maximum absolute atomic E-state index is 12.2. The highest BCUT2D eigenvalue weighted by atomic mass is 127. The fraction of sp³-hybridized carbons (Fsp3) is 0.500. The van der Waals surface area contributed by atoms with Gasteiger partial charge in [-0.15, -0.1) is 0 Å². The average molecular weight is 405 g/mol. The van der Waals surface area contributed by atoms with E-state index >= 15 is 0 Å². The predicted octanol–water partition coefficient (Wildman–Crippen LogP) is 3.31. The Kier molecular flexibility index (Phi) is 5.15. The Hall–Kier alpha value is -1.22. The van der Waals surface area contributed by atoms with Gasteiger partial charge >= 0.3 is 5.97 Å². The molecule has 2 atom stereocenters. The molecule has 1 saturated heterocycles. The summed E-state index contributed by atoms with van der Waals surface area (Å²) in [6, 6.07) is 4.18. The third kappa shape index (κ3) is 4.13. The van der Waals surface area contributed by atoms with Gasteiger partial charge in [0.25, 0.3) is 5.69 Å². The van der Waals surface area contributed by atoms with E-state index in [2.05, 4.69) is 0 Å². The maximum atomic E-state index is 12.2. The Morgan fingerprint density at radius 2 is 2.00 bits per heavy atom. The first-order valence-electron chi connectivity index (χ1n) is 6.67. The third-order valence-corrected chi connectivity index (χ3v) is 4.25. The molecule has 0 bridgehead atoms. The van der Waals surface area contributed by atoms with Crippen LogP contribution in [0.2, 0.25) is 0 Å². The molecule has 1 aromatic rings. The van der Waals surface area contributed by atoms with Crippen molar-refractivity contribution in [2.75, 3.05) is 0 Å². The highest BCUT2D eigenvalue weighted by Crippen LogP contribution is 2.25. The molecule has 1 aromatic carbocycles. The summed E-state index contributed by atoms with van der Waals surface area (Å²) in [5.74, 6) is -0.519. The van der Waals surface area contributed by atoms with Crippen LogP contribution < -0.4 is 0 Å². The van der Waals surface area contributed by atoms with Crippen molar-refractivity contribution in [2.45, 2.75) is 45.0 Å². The van der Waals surface area contributed by atoms with Gasteiger partial charge in [-0.2, -0.15) is 0 Å². The molecule has 0 aromatic heterocycles. The second-order valence-electron chi connectivity index (χ2n) is 5.18. The van der Waals surface area contributed by atoms with E-state index in [1.807, 2.05) is 36.4 Å². The van der Waals surface area contributed by atoms with Crippen molar-refractivity contribution in [3.05, 3.63) is 37.4 Å². The van der Waals surface area contributed by atoms with E-state index in [9.17, 15) is 14.9 Å². The first-order chi connectivity index (χ1) is 9.86. The monoisotopic (exact) mass is 405 g/mol. The number of non-ortho nitro benzene ring substituents is 1. The molecule has 7 heteroatoms. The number of ether oxygens (including phenoxy) is 2. The Morgan fingerprint density at radius 1 is 1.38 bits per heavy atom. The quantitative estimate of drug-likeness (QED) is 0.334. The van der Waals surface area contributed by atoms with Gasteiger partial charge in [0.2, 0.25) is 0 Å². The molecule has 1 fully saturated rings. The summed E-state index contributed by atoms with van der Waals surface area (Å²) in [6.45, 7) is 3.88. The van der Waals surface area contributed by atoms with Crippen molar-refractivity contribution in [1.82, 2.24) is 0 Å². The molecule has 114 valence electrons. The fourth-order valence-corrected chi connectivity index (χ4v) is 2.99. The van der Waals surface area contributed by atoms with Crippen LogP contribution in [0.4, 0.5) is 5.69 Å². The molecule has 1 heterocycles. The molecule has 0 spiro atoms. The maximum Gasteiger partial charge on any atom is 0.339 e. The Balaban J connectivity index is 2.13. The Morgan fingerprint density at radius 3 is 2.57 bits per heavy atom. The van der Waals surface area contributed by atoms with Crippen LogP contribution in [0.3, 0.4) is 0 Å². The van der Waals surface area contributed by atoms with Crippen LogP contribution >= 0.6 is 22.6 Å². The summed E-state index contributed by atoms with van der Waals surface area (Å²) >= 11 is 1.97. The normalized spacial score (nSPS) is 25.4. The molecule has 21 heavy (non-hydrogen) atoms. The summed E-state index contributed by atoms with van der Waals surface area (Å²) in [6.07, 6.45) is 1.14. The molecule has 2 rings (SSSR count). The number of nitro benzene ring substituents is 1. The smallest absolute Gasteiger partial charge is 0.339 e. The van der Waals surface area contributed by atoms with Gasteiger partial charge < -0.3 is 9.47 Å². The number of benzene rings is 1. The van der Waals surface area contributed by atoms with E-state index in [4.69, 9.17) is 9.47 Å². The molecule has 1 aliphatic heterocycles. The number of carbonyl (C=O) groups excluding carboxylic acids is 1. The van der Waals surface area contributed by atoms with Crippen LogP contribution in [0.25, 0.3) is 0 Å². The number of hydrogen-bond acceptors (Lipinski definition) is 5. The molecule has 0 amide bonds. The van der Waals surface area contributed by atoms with Crippen molar-refractivity contribution < 1.29 is 19.2 Å². The Labute approximate surface area is 136 Å². The summed E-state index contributed by atoms with van der Waals surface area (Å²) in [4.78, 5) is 22.5. The van der Waals surface area contributed by atoms with Crippen LogP contribution in [0.1, 0.15) is 37.0 Å². The number of halogens is 1. The highest BCUT2D eigenvalue weighted by Gasteiger charge is 2.28. The van der Waals surface area contributed by atoms with Crippen LogP contribution in [-0.4, -0.2) is 29.2 Å². The van der Waals surface area contributed by atoms with Crippen molar-refractivity contribution in [3.8, 4) is 0 Å². The third-order valence-electron chi connectivity index (χ3n) is 3.31. The zero-order valence-corrected chi connectivity index (χ0v) is 13.9. The highest BCUT2D eigenvalue weighted by molar-refractivity contribution is 14.1. The largest absolute Gasteiger partial charge is 0.459 e. The summed E-state index contributed by atoms with van der Waals surface area (Å²) in [5, 5.41) is 10.8. The first kappa shape index (κ1) is 16.2. The number of rotatable bonds is 3. The summed E-state index contributed by atoms with van der Waals surface area (Å²) in [7, 11) is 0. The van der Waals surface area contributed by atoms with Crippen LogP contribution in [-0.2, 0) is 9.47 Å². The van der Waals surface area contributed by atoms with Crippen molar-refractivity contribution in [2.24, 2.45) is 0 Å². The summed E-state index contributed by atoms with van der Waals surface area (Å²) in [5.41, 5.74) is 0.118. The van der Waals surface area contributed by atoms with E-state index in [1.165, 1.54) is 12.1 Å². The van der Waals surface area contributed by atoms with Gasteiger partial charge in [-0.1, -0.05) is 0 Å². The van der Waals surface area contributed by atoms with E-state index in [0.29, 0.717) is 16.4 Å². The lowest BCUT2D eigenvalue weighted by atomic mass is 10.0. The lowest BCUT2D eigenvalue weighted by molar-refractivity contribution is -0.384. The van der Waals surface area contributed by atoms with Crippen LogP contribution in [0.5, 0.6) is 0 Å². The molecular formula is C14H16INO5. The van der Waals surface area contributed by atoms with Crippen molar-refractivity contribution in [3.63, 3.8) is 0 Å².